The number of nitrogen functional groups attached to an aromatic ring is 1. The molecule has 4 N–H and O–H groups in total. The van der Waals surface area contributed by atoms with E-state index in [0.29, 0.717) is 4.90 Å². The predicted octanol–water partition coefficient (Wildman–Crippen LogP) is 2.94. The van der Waals surface area contributed by atoms with Crippen LogP contribution in [-0.4, -0.2) is 62.4 Å². The molecule has 1 atom stereocenters. The minimum absolute atomic E-state index is 0.0404. The summed E-state index contributed by atoms with van der Waals surface area (Å²) in [6.45, 7) is -6.02. The van der Waals surface area contributed by atoms with Crippen LogP contribution in [0.15, 0.2) is 37.1 Å². The van der Waals surface area contributed by atoms with Gasteiger partial charge in [-0.25, -0.2) is 32.5 Å². The Labute approximate surface area is 225 Å². The Hall–Kier alpha value is -4.33. The second-order valence-corrected chi connectivity index (χ2v) is 8.71. The molecule has 1 aliphatic rings. The molecule has 10 nitrogen and oxygen atoms in total. The second-order valence-electron chi connectivity index (χ2n) is 8.71. The molecule has 0 radical (unpaired) electrons. The molecule has 4 heterocycles. The lowest BCUT2D eigenvalue weighted by Crippen LogP contribution is -2.61. The maximum atomic E-state index is 15.0. The van der Waals surface area contributed by atoms with Gasteiger partial charge in [0.15, 0.2) is 23.0 Å². The van der Waals surface area contributed by atoms with Gasteiger partial charge in [-0.2, -0.15) is 0 Å². The zero-order valence-corrected chi connectivity index (χ0v) is 20.3. The smallest absolute Gasteiger partial charge is 0.297 e. The molecule has 204 valence electrons. The zero-order chi connectivity index (χ0) is 31.5. The van der Waals surface area contributed by atoms with E-state index in [-0.39, 0.29) is 51.8 Å². The highest BCUT2D eigenvalue weighted by Gasteiger charge is 2.43. The van der Waals surface area contributed by atoms with E-state index in [2.05, 4.69) is 19.9 Å². The normalized spacial score (nSPS) is 21.8. The number of rotatable bonds is 7. The first kappa shape index (κ1) is 21.6. The van der Waals surface area contributed by atoms with Crippen molar-refractivity contribution in [3.05, 3.63) is 54.2 Å². The van der Waals surface area contributed by atoms with Gasteiger partial charge in [-0.1, -0.05) is 0 Å². The number of pyridine rings is 1. The lowest BCUT2D eigenvalue weighted by molar-refractivity contribution is -0.135. The first-order chi connectivity index (χ1) is 20.1. The summed E-state index contributed by atoms with van der Waals surface area (Å²) >= 11 is 0. The summed E-state index contributed by atoms with van der Waals surface area (Å²) < 4.78 is 97.7. The van der Waals surface area contributed by atoms with E-state index in [1.54, 1.807) is 0 Å². The summed E-state index contributed by atoms with van der Waals surface area (Å²) in [7, 11) is 1.16. The quantitative estimate of drug-likeness (QED) is 0.334. The van der Waals surface area contributed by atoms with Gasteiger partial charge in [0.2, 0.25) is 5.78 Å². The van der Waals surface area contributed by atoms with Crippen LogP contribution in [0.4, 0.5) is 29.1 Å². The van der Waals surface area contributed by atoms with Crippen molar-refractivity contribution in [1.29, 1.82) is 0 Å². The van der Waals surface area contributed by atoms with Crippen molar-refractivity contribution in [1.82, 2.24) is 24.5 Å². The Morgan fingerprint density at radius 3 is 2.74 bits per heavy atom. The summed E-state index contributed by atoms with van der Waals surface area (Å²) in [5, 5.41) is 0. The number of fused-ring (bicyclic) bond motifs is 1. The van der Waals surface area contributed by atoms with Crippen LogP contribution in [0.25, 0.3) is 22.4 Å². The van der Waals surface area contributed by atoms with Gasteiger partial charge in [-0.05, 0) is 30.5 Å². The fourth-order valence-corrected chi connectivity index (χ4v) is 4.22. The van der Waals surface area contributed by atoms with E-state index in [9.17, 15) is 18.0 Å². The minimum Gasteiger partial charge on any atom is -0.494 e. The monoisotopic (exact) mass is 548 g/mol. The number of methoxy groups -OCH3 is 1. The van der Waals surface area contributed by atoms with E-state index in [1.807, 2.05) is 0 Å². The number of imidazole rings is 1. The van der Waals surface area contributed by atoms with Crippen molar-refractivity contribution in [2.24, 2.45) is 5.73 Å². The lowest BCUT2D eigenvalue weighted by atomic mass is 9.85. The van der Waals surface area contributed by atoms with E-state index < -0.39 is 55.2 Å². The molecule has 0 spiro atoms. The molecule has 14 heteroatoms. The molecule has 1 unspecified atom stereocenters. The molecule has 3 aromatic heterocycles. The van der Waals surface area contributed by atoms with Crippen LogP contribution in [0.5, 0.6) is 5.75 Å². The van der Waals surface area contributed by atoms with Crippen molar-refractivity contribution in [2.75, 3.05) is 30.7 Å². The standard InChI is InChI=1S/C25H24F4N8O2/c1-39-19-7-15(26)14(6-16(19)27)17-5-13(9-37-12-35-20-23(30)33-11-34-24(20)37)18(8-32-17)36-4-2-3-25(31,10-36)21(38)22(28)29/h5-8,11-12,22H,2-4,9-10,31H2,1H3,(H2,30,33,34)/i4D2,10D2. The van der Waals surface area contributed by atoms with Gasteiger partial charge in [0.05, 0.1) is 45.8 Å². The van der Waals surface area contributed by atoms with E-state index in [4.69, 9.17) is 21.7 Å². The maximum absolute atomic E-state index is 15.0. The molecule has 0 bridgehead atoms. The second kappa shape index (κ2) is 10.1. The van der Waals surface area contributed by atoms with E-state index >= 15 is 4.39 Å². The molecular weight excluding hydrogens is 520 g/mol. The Balaban J connectivity index is 1.73. The number of benzene rings is 1. The van der Waals surface area contributed by atoms with Crippen LogP contribution in [-0.2, 0) is 11.3 Å². The largest absolute Gasteiger partial charge is 0.494 e. The number of alkyl halides is 2. The van der Waals surface area contributed by atoms with Gasteiger partial charge < -0.3 is 25.7 Å². The number of ether oxygens (including phenoxy) is 1. The number of piperidine rings is 1. The van der Waals surface area contributed by atoms with Crippen LogP contribution in [0.3, 0.4) is 0 Å². The first-order valence-electron chi connectivity index (χ1n) is 13.5. The third-order valence-corrected chi connectivity index (χ3v) is 6.23. The molecule has 5 rings (SSSR count). The highest BCUT2D eigenvalue weighted by Crippen LogP contribution is 2.34. The number of hydrogen-bond donors (Lipinski definition) is 2. The van der Waals surface area contributed by atoms with Crippen molar-refractivity contribution in [3.8, 4) is 17.0 Å². The number of carbonyl (C=O) groups excluding carboxylic acids is 1. The zero-order valence-electron chi connectivity index (χ0n) is 24.3. The van der Waals surface area contributed by atoms with Crippen LogP contribution in [0.1, 0.15) is 23.9 Å². The van der Waals surface area contributed by atoms with Crippen LogP contribution < -0.4 is 21.1 Å². The Morgan fingerprint density at radius 2 is 2.00 bits per heavy atom. The number of ketones is 1. The molecule has 0 saturated carbocycles. The van der Waals surface area contributed by atoms with Crippen LogP contribution in [0.2, 0.25) is 0 Å². The Morgan fingerprint density at radius 1 is 1.21 bits per heavy atom. The maximum Gasteiger partial charge on any atom is 0.297 e. The van der Waals surface area contributed by atoms with Gasteiger partial charge in [0.25, 0.3) is 6.43 Å². The number of nitrogens with zero attached hydrogens (tertiary/aromatic N) is 6. The summed E-state index contributed by atoms with van der Waals surface area (Å²) in [6, 6.07) is 2.89. The summed E-state index contributed by atoms with van der Waals surface area (Å²) in [6.07, 6.45) is -1.47. The van der Waals surface area contributed by atoms with Gasteiger partial charge in [0.1, 0.15) is 17.7 Å². The number of aromatic nitrogens is 5. The third-order valence-electron chi connectivity index (χ3n) is 6.23. The highest BCUT2D eigenvalue weighted by molar-refractivity contribution is 5.92. The minimum atomic E-state index is -3.62. The van der Waals surface area contributed by atoms with Gasteiger partial charge >= 0.3 is 0 Å². The van der Waals surface area contributed by atoms with E-state index in [1.165, 1.54) is 23.3 Å². The van der Waals surface area contributed by atoms with Gasteiger partial charge in [0, 0.05) is 27.4 Å². The average Bonchev–Trinajstić information content (AvgIpc) is 3.36. The molecule has 39 heavy (non-hydrogen) atoms. The van der Waals surface area contributed by atoms with E-state index in [0.717, 1.165) is 25.4 Å². The van der Waals surface area contributed by atoms with Gasteiger partial charge in [-0.3, -0.25) is 9.78 Å². The first-order valence-corrected chi connectivity index (χ1v) is 11.5. The fourth-order valence-electron chi connectivity index (χ4n) is 4.22. The number of halogens is 4. The summed E-state index contributed by atoms with van der Waals surface area (Å²) in [5.41, 5.74) is 8.82. The summed E-state index contributed by atoms with van der Waals surface area (Å²) in [5.74, 6) is -4.02. The number of anilines is 2. The molecule has 1 fully saturated rings. The Bertz CT molecular complexity index is 1740. The molecule has 1 aliphatic heterocycles. The number of hydrogen-bond acceptors (Lipinski definition) is 9. The van der Waals surface area contributed by atoms with Crippen molar-refractivity contribution in [2.45, 2.75) is 31.4 Å². The molecule has 0 aliphatic carbocycles. The number of Topliss-reactive ketones (excluding diaryl/α,β-unsaturated/α-hetero) is 1. The summed E-state index contributed by atoms with van der Waals surface area (Å²) in [4.78, 5) is 29.3. The van der Waals surface area contributed by atoms with Crippen LogP contribution in [0, 0.1) is 11.6 Å². The topological polar surface area (TPSA) is 138 Å². The highest BCUT2D eigenvalue weighted by atomic mass is 19.3. The number of nitrogens with two attached hydrogens (primary N) is 2. The molecule has 4 aromatic rings. The molecule has 0 amide bonds. The van der Waals surface area contributed by atoms with Gasteiger partial charge in [-0.15, -0.1) is 0 Å². The average molecular weight is 549 g/mol. The van der Waals surface area contributed by atoms with Crippen molar-refractivity contribution < 1.29 is 32.6 Å². The molecule has 1 saturated heterocycles. The molecular formula is C25H24F4N8O2. The van der Waals surface area contributed by atoms with Crippen molar-refractivity contribution in [3.63, 3.8) is 0 Å². The Kier molecular flexibility index (Phi) is 5.59. The fraction of sp³-hybridized carbons (Fsp3) is 0.320. The van der Waals surface area contributed by atoms with Crippen LogP contribution >= 0.6 is 0 Å². The number of carbonyl (C=O) groups is 1. The predicted molar refractivity (Wildman–Crippen MR) is 134 cm³/mol. The lowest BCUT2D eigenvalue weighted by Gasteiger charge is -2.40. The van der Waals surface area contributed by atoms with Crippen molar-refractivity contribution >= 4 is 28.5 Å². The molecule has 1 aromatic carbocycles. The third kappa shape index (κ3) is 4.82. The SMILES string of the molecule is [2H]C1([2H])CCC(N)(C(=O)C(F)F)C([2H])([2H])N1c1cnc(-c2cc(F)c(OC)cc2F)cc1Cn1cnc2c(N)ncnc21.